The highest BCUT2D eigenvalue weighted by atomic mass is 16.5. The Kier molecular flexibility index (Phi) is 3.27. The van der Waals surface area contributed by atoms with Gasteiger partial charge in [-0.05, 0) is 39.2 Å². The molecule has 0 amide bonds. The van der Waals surface area contributed by atoms with Crippen molar-refractivity contribution >= 4 is 0 Å². The first-order valence-corrected chi connectivity index (χ1v) is 7.18. The monoisotopic (exact) mass is 261 g/mol. The Bertz CT molecular complexity index is 458. The second kappa shape index (κ2) is 4.80. The van der Waals surface area contributed by atoms with Crippen molar-refractivity contribution in [3.8, 4) is 5.75 Å². The van der Waals surface area contributed by atoms with Crippen LogP contribution in [0, 0.1) is 0 Å². The van der Waals surface area contributed by atoms with Gasteiger partial charge in [0.05, 0.1) is 12.1 Å². The minimum Gasteiger partial charge on any atom is -0.486 e. The van der Waals surface area contributed by atoms with Crippen LogP contribution < -0.4 is 10.1 Å². The zero-order chi connectivity index (χ0) is 13.5. The lowest BCUT2D eigenvalue weighted by molar-refractivity contribution is 0.0538. The van der Waals surface area contributed by atoms with Crippen LogP contribution >= 0.6 is 0 Å². The van der Waals surface area contributed by atoms with Crippen molar-refractivity contribution in [2.75, 3.05) is 7.11 Å². The molecule has 19 heavy (non-hydrogen) atoms. The fourth-order valence-corrected chi connectivity index (χ4v) is 3.43. The summed E-state index contributed by atoms with van der Waals surface area (Å²) in [4.78, 5) is 0. The lowest BCUT2D eigenvalue weighted by Crippen LogP contribution is -2.46. The highest BCUT2D eigenvalue weighted by Crippen LogP contribution is 2.43. The van der Waals surface area contributed by atoms with Gasteiger partial charge >= 0.3 is 0 Å². The molecule has 104 valence electrons. The number of hydrogen-bond acceptors (Lipinski definition) is 3. The molecule has 0 saturated heterocycles. The van der Waals surface area contributed by atoms with Gasteiger partial charge in [0.25, 0.3) is 0 Å². The molecule has 3 unspecified atom stereocenters. The Labute approximate surface area is 115 Å². The van der Waals surface area contributed by atoms with Gasteiger partial charge in [0.1, 0.15) is 11.4 Å². The zero-order valence-electron chi connectivity index (χ0n) is 12.0. The van der Waals surface area contributed by atoms with Crippen LogP contribution in [0.3, 0.4) is 0 Å². The van der Waals surface area contributed by atoms with Crippen molar-refractivity contribution in [2.45, 2.75) is 56.9 Å². The number of fused-ring (bicyclic) bond motifs is 1. The summed E-state index contributed by atoms with van der Waals surface area (Å²) in [5, 5.41) is 3.78. The molecule has 0 radical (unpaired) electrons. The summed E-state index contributed by atoms with van der Waals surface area (Å²) in [7, 11) is 1.81. The van der Waals surface area contributed by atoms with E-state index in [0.717, 1.165) is 12.2 Å². The van der Waals surface area contributed by atoms with Crippen LogP contribution in [0.4, 0.5) is 0 Å². The van der Waals surface area contributed by atoms with Crippen LogP contribution in [0.2, 0.25) is 0 Å². The number of rotatable bonds is 3. The van der Waals surface area contributed by atoms with Crippen LogP contribution in [0.15, 0.2) is 24.3 Å². The van der Waals surface area contributed by atoms with E-state index < -0.39 is 0 Å². The van der Waals surface area contributed by atoms with E-state index >= 15 is 0 Å². The second-order valence-corrected chi connectivity index (χ2v) is 6.15. The first-order valence-electron chi connectivity index (χ1n) is 7.18. The van der Waals surface area contributed by atoms with E-state index in [1.54, 1.807) is 0 Å². The Hall–Kier alpha value is -1.06. The maximum atomic E-state index is 6.08. The summed E-state index contributed by atoms with van der Waals surface area (Å²) in [6.07, 6.45) is 3.92. The standard InChI is InChI=1S/C16H23NO2/c1-16(2)15(11-7-4-5-9-13(11)19-16)17-12-8-6-10-14(12)18-3/h4-5,7,9,12,14-15,17H,6,8,10H2,1-3H3. The van der Waals surface area contributed by atoms with E-state index in [-0.39, 0.29) is 11.6 Å². The van der Waals surface area contributed by atoms with Crippen molar-refractivity contribution in [3.63, 3.8) is 0 Å². The van der Waals surface area contributed by atoms with Gasteiger partial charge in [-0.2, -0.15) is 0 Å². The van der Waals surface area contributed by atoms with E-state index in [4.69, 9.17) is 9.47 Å². The van der Waals surface area contributed by atoms with E-state index in [1.165, 1.54) is 18.4 Å². The zero-order valence-corrected chi connectivity index (χ0v) is 12.0. The summed E-state index contributed by atoms with van der Waals surface area (Å²) in [5.74, 6) is 1.01. The third kappa shape index (κ3) is 2.26. The van der Waals surface area contributed by atoms with Crippen molar-refractivity contribution in [1.29, 1.82) is 0 Å². The normalized spacial score (nSPS) is 32.1. The van der Waals surface area contributed by atoms with E-state index in [1.807, 2.05) is 13.2 Å². The second-order valence-electron chi connectivity index (χ2n) is 6.15. The molecule has 3 nitrogen and oxygen atoms in total. The molecule has 1 aliphatic heterocycles. The molecule has 3 atom stereocenters. The molecule has 1 aromatic rings. The Morgan fingerprint density at radius 1 is 1.26 bits per heavy atom. The number of ether oxygens (including phenoxy) is 2. The van der Waals surface area contributed by atoms with Crippen molar-refractivity contribution in [2.24, 2.45) is 0 Å². The molecule has 1 N–H and O–H groups in total. The predicted octanol–water partition coefficient (Wildman–Crippen LogP) is 3.06. The highest BCUT2D eigenvalue weighted by Gasteiger charge is 2.43. The van der Waals surface area contributed by atoms with Crippen LogP contribution in [-0.4, -0.2) is 24.9 Å². The molecule has 0 spiro atoms. The molecule has 3 rings (SSSR count). The lowest BCUT2D eigenvalue weighted by atomic mass is 9.93. The predicted molar refractivity (Wildman–Crippen MR) is 75.5 cm³/mol. The summed E-state index contributed by atoms with van der Waals surface area (Å²) in [5.41, 5.74) is 1.07. The molecule has 1 aliphatic carbocycles. The summed E-state index contributed by atoms with van der Waals surface area (Å²) < 4.78 is 11.7. The average Bonchev–Trinajstić information content (AvgIpc) is 2.92. The van der Waals surface area contributed by atoms with Crippen LogP contribution in [-0.2, 0) is 4.74 Å². The summed E-state index contributed by atoms with van der Waals surface area (Å²) in [6.45, 7) is 4.31. The smallest absolute Gasteiger partial charge is 0.125 e. The fourth-order valence-electron chi connectivity index (χ4n) is 3.43. The quantitative estimate of drug-likeness (QED) is 0.907. The largest absolute Gasteiger partial charge is 0.486 e. The maximum absolute atomic E-state index is 6.08. The molecule has 1 aromatic carbocycles. The van der Waals surface area contributed by atoms with E-state index in [9.17, 15) is 0 Å². The van der Waals surface area contributed by atoms with Gasteiger partial charge in [0.15, 0.2) is 0 Å². The van der Waals surface area contributed by atoms with Gasteiger partial charge < -0.3 is 14.8 Å². The molecule has 1 saturated carbocycles. The lowest BCUT2D eigenvalue weighted by Gasteiger charge is -2.31. The van der Waals surface area contributed by atoms with Crippen molar-refractivity contribution in [3.05, 3.63) is 29.8 Å². The highest BCUT2D eigenvalue weighted by molar-refractivity contribution is 5.42. The Morgan fingerprint density at radius 3 is 2.84 bits per heavy atom. The van der Waals surface area contributed by atoms with Gasteiger partial charge in [-0.15, -0.1) is 0 Å². The number of para-hydroxylation sites is 1. The van der Waals surface area contributed by atoms with Crippen LogP contribution in [0.5, 0.6) is 5.75 Å². The molecule has 1 heterocycles. The Morgan fingerprint density at radius 2 is 2.05 bits per heavy atom. The molecule has 1 fully saturated rings. The van der Waals surface area contributed by atoms with Gasteiger partial charge in [-0.25, -0.2) is 0 Å². The third-order valence-electron chi connectivity index (χ3n) is 4.43. The molecule has 2 aliphatic rings. The minimum absolute atomic E-state index is 0.204. The van der Waals surface area contributed by atoms with Crippen molar-refractivity contribution in [1.82, 2.24) is 5.32 Å². The Balaban J connectivity index is 1.83. The number of methoxy groups -OCH3 is 1. The SMILES string of the molecule is COC1CCCC1NC1c2ccccc2OC1(C)C. The minimum atomic E-state index is -0.204. The molecule has 0 aromatic heterocycles. The number of nitrogens with one attached hydrogen (secondary N) is 1. The van der Waals surface area contributed by atoms with Crippen molar-refractivity contribution < 1.29 is 9.47 Å². The van der Waals surface area contributed by atoms with Gasteiger partial charge in [-0.3, -0.25) is 0 Å². The molecule has 0 bridgehead atoms. The fraction of sp³-hybridized carbons (Fsp3) is 0.625. The number of benzene rings is 1. The third-order valence-corrected chi connectivity index (χ3v) is 4.43. The molecule has 3 heteroatoms. The number of hydrogen-bond donors (Lipinski definition) is 1. The molecular weight excluding hydrogens is 238 g/mol. The molecular formula is C16H23NO2. The summed E-state index contributed by atoms with van der Waals surface area (Å²) >= 11 is 0. The van der Waals surface area contributed by atoms with Crippen LogP contribution in [0.25, 0.3) is 0 Å². The first-order chi connectivity index (χ1) is 9.12. The average molecular weight is 261 g/mol. The first kappa shape index (κ1) is 12.9. The topological polar surface area (TPSA) is 30.5 Å². The van der Waals surface area contributed by atoms with Gasteiger partial charge in [0.2, 0.25) is 0 Å². The van der Waals surface area contributed by atoms with E-state index in [2.05, 4.69) is 37.4 Å². The van der Waals surface area contributed by atoms with Gasteiger partial charge in [-0.1, -0.05) is 18.2 Å². The maximum Gasteiger partial charge on any atom is 0.125 e. The summed E-state index contributed by atoms with van der Waals surface area (Å²) in [6, 6.07) is 9.01. The van der Waals surface area contributed by atoms with E-state index in [0.29, 0.717) is 12.1 Å². The van der Waals surface area contributed by atoms with Gasteiger partial charge in [0, 0.05) is 18.7 Å². The van der Waals surface area contributed by atoms with Crippen LogP contribution in [0.1, 0.15) is 44.7 Å².